The summed E-state index contributed by atoms with van der Waals surface area (Å²) in [5, 5.41) is 1.06. The average molecular weight is 149 g/mol. The van der Waals surface area contributed by atoms with Crippen LogP contribution in [0.3, 0.4) is 0 Å². The standard InChI is InChI=1S/C6H10ClP/c1-5(7)3-4-6(2)8/h3-5H,2,8H2,1H3/b4-3-. The molecule has 0 aromatic rings. The Bertz CT molecular complexity index is 105. The van der Waals surface area contributed by atoms with Crippen LogP contribution in [0.5, 0.6) is 0 Å². The summed E-state index contributed by atoms with van der Waals surface area (Å²) in [5.41, 5.74) is 0. The highest BCUT2D eigenvalue weighted by molar-refractivity contribution is 7.22. The van der Waals surface area contributed by atoms with Gasteiger partial charge in [-0.3, -0.25) is 0 Å². The first-order valence-corrected chi connectivity index (χ1v) is 3.41. The monoisotopic (exact) mass is 148 g/mol. The van der Waals surface area contributed by atoms with Crippen molar-refractivity contribution in [3.63, 3.8) is 0 Å². The van der Waals surface area contributed by atoms with Gasteiger partial charge in [-0.1, -0.05) is 18.7 Å². The number of halogens is 1. The van der Waals surface area contributed by atoms with Gasteiger partial charge in [-0.15, -0.1) is 20.8 Å². The second-order valence-electron chi connectivity index (χ2n) is 1.61. The zero-order valence-electron chi connectivity index (χ0n) is 4.89. The van der Waals surface area contributed by atoms with E-state index in [-0.39, 0.29) is 5.38 Å². The highest BCUT2D eigenvalue weighted by atomic mass is 35.5. The molecule has 0 aliphatic carbocycles. The maximum absolute atomic E-state index is 5.58. The molecule has 0 saturated carbocycles. The first-order valence-electron chi connectivity index (χ1n) is 2.39. The van der Waals surface area contributed by atoms with Crippen LogP contribution in [-0.2, 0) is 0 Å². The van der Waals surface area contributed by atoms with Crippen LogP contribution in [0.4, 0.5) is 0 Å². The van der Waals surface area contributed by atoms with Crippen molar-refractivity contribution < 1.29 is 0 Å². The Balaban J connectivity index is 3.50. The average Bonchev–Trinajstić information content (AvgIpc) is 1.61. The van der Waals surface area contributed by atoms with E-state index in [2.05, 4.69) is 15.8 Å². The van der Waals surface area contributed by atoms with Gasteiger partial charge < -0.3 is 0 Å². The zero-order valence-corrected chi connectivity index (χ0v) is 6.81. The summed E-state index contributed by atoms with van der Waals surface area (Å²) in [6.45, 7) is 5.55. The summed E-state index contributed by atoms with van der Waals surface area (Å²) in [7, 11) is 2.48. The highest BCUT2D eigenvalue weighted by Gasteiger charge is 1.83. The smallest absolute Gasteiger partial charge is 0.0491 e. The Morgan fingerprint density at radius 2 is 2.38 bits per heavy atom. The number of alkyl halides is 1. The molecule has 2 heteroatoms. The van der Waals surface area contributed by atoms with Crippen molar-refractivity contribution in [2.45, 2.75) is 12.3 Å². The van der Waals surface area contributed by atoms with Crippen molar-refractivity contribution in [1.29, 1.82) is 0 Å². The Morgan fingerprint density at radius 3 is 2.50 bits per heavy atom. The van der Waals surface area contributed by atoms with Crippen molar-refractivity contribution in [2.24, 2.45) is 0 Å². The van der Waals surface area contributed by atoms with Crippen LogP contribution in [0.1, 0.15) is 6.92 Å². The molecule has 0 bridgehead atoms. The van der Waals surface area contributed by atoms with Crippen LogP contribution >= 0.6 is 20.8 Å². The molecule has 0 nitrogen and oxygen atoms in total. The lowest BCUT2D eigenvalue weighted by Gasteiger charge is -1.88. The van der Waals surface area contributed by atoms with E-state index >= 15 is 0 Å². The van der Waals surface area contributed by atoms with Crippen molar-refractivity contribution >= 4 is 20.8 Å². The van der Waals surface area contributed by atoms with Gasteiger partial charge in [-0.05, 0) is 12.2 Å². The molecule has 0 heterocycles. The summed E-state index contributed by atoms with van der Waals surface area (Å²) in [6, 6.07) is 0. The Kier molecular flexibility index (Phi) is 4.22. The van der Waals surface area contributed by atoms with Crippen molar-refractivity contribution in [2.75, 3.05) is 0 Å². The Hall–Kier alpha value is 0.200. The molecule has 0 radical (unpaired) electrons. The first-order chi connectivity index (χ1) is 3.63. The van der Waals surface area contributed by atoms with Gasteiger partial charge >= 0.3 is 0 Å². The van der Waals surface area contributed by atoms with E-state index in [1.165, 1.54) is 0 Å². The van der Waals surface area contributed by atoms with Gasteiger partial charge in [0.1, 0.15) is 0 Å². The van der Waals surface area contributed by atoms with Crippen LogP contribution < -0.4 is 0 Å². The maximum Gasteiger partial charge on any atom is 0.0491 e. The number of allylic oxidation sites excluding steroid dienone is 3. The van der Waals surface area contributed by atoms with Crippen LogP contribution in [0.2, 0.25) is 0 Å². The number of hydrogen-bond acceptors (Lipinski definition) is 0. The topological polar surface area (TPSA) is 0 Å². The lowest BCUT2D eigenvalue weighted by molar-refractivity contribution is 1.23. The van der Waals surface area contributed by atoms with Crippen LogP contribution in [0, 0.1) is 0 Å². The van der Waals surface area contributed by atoms with Gasteiger partial charge in [-0.2, -0.15) is 0 Å². The van der Waals surface area contributed by atoms with E-state index in [0.717, 1.165) is 5.31 Å². The fourth-order valence-corrected chi connectivity index (χ4v) is 0.440. The fourth-order valence-electron chi connectivity index (χ4n) is 0.256. The summed E-state index contributed by atoms with van der Waals surface area (Å²) in [5.74, 6) is 0. The van der Waals surface area contributed by atoms with E-state index in [1.54, 1.807) is 0 Å². The number of hydrogen-bond donors (Lipinski definition) is 0. The van der Waals surface area contributed by atoms with E-state index in [1.807, 2.05) is 19.1 Å². The van der Waals surface area contributed by atoms with E-state index < -0.39 is 0 Å². The van der Waals surface area contributed by atoms with Gasteiger partial charge in [0.2, 0.25) is 0 Å². The Labute approximate surface area is 57.8 Å². The van der Waals surface area contributed by atoms with Crippen molar-refractivity contribution in [3.05, 3.63) is 24.0 Å². The van der Waals surface area contributed by atoms with Crippen molar-refractivity contribution in [3.8, 4) is 0 Å². The van der Waals surface area contributed by atoms with Crippen molar-refractivity contribution in [1.82, 2.24) is 0 Å². The lowest BCUT2D eigenvalue weighted by Crippen LogP contribution is -1.79. The molecule has 0 aliphatic rings. The molecule has 0 rings (SSSR count). The predicted molar refractivity (Wildman–Crippen MR) is 43.3 cm³/mol. The Morgan fingerprint density at radius 1 is 1.88 bits per heavy atom. The summed E-state index contributed by atoms with van der Waals surface area (Å²) in [6.07, 6.45) is 3.76. The van der Waals surface area contributed by atoms with Gasteiger partial charge in [0.15, 0.2) is 0 Å². The largest absolute Gasteiger partial charge is 0.119 e. The van der Waals surface area contributed by atoms with E-state index in [9.17, 15) is 0 Å². The minimum absolute atomic E-state index is 0.104. The zero-order chi connectivity index (χ0) is 6.57. The molecule has 8 heavy (non-hydrogen) atoms. The van der Waals surface area contributed by atoms with Gasteiger partial charge in [0.25, 0.3) is 0 Å². The number of rotatable bonds is 2. The molecule has 2 unspecified atom stereocenters. The predicted octanol–water partition coefficient (Wildman–Crippen LogP) is 2.56. The second kappa shape index (κ2) is 4.12. The highest BCUT2D eigenvalue weighted by Crippen LogP contribution is 2.04. The summed E-state index contributed by atoms with van der Waals surface area (Å²) in [4.78, 5) is 0. The minimum Gasteiger partial charge on any atom is -0.119 e. The molecule has 0 aromatic heterocycles. The molecule has 0 spiro atoms. The molecule has 0 saturated heterocycles. The molecule has 0 amide bonds. The SMILES string of the molecule is C=C(P)/C=C\C(C)Cl. The third kappa shape index (κ3) is 6.20. The molecular formula is C6H10ClP. The van der Waals surface area contributed by atoms with Crippen LogP contribution in [0.25, 0.3) is 0 Å². The molecule has 0 aliphatic heterocycles. The van der Waals surface area contributed by atoms with Crippen LogP contribution in [0.15, 0.2) is 24.0 Å². The van der Waals surface area contributed by atoms with Crippen LogP contribution in [-0.4, -0.2) is 5.38 Å². The summed E-state index contributed by atoms with van der Waals surface area (Å²) >= 11 is 5.58. The second-order valence-corrected chi connectivity index (χ2v) is 3.04. The third-order valence-electron chi connectivity index (χ3n) is 0.575. The molecule has 46 valence electrons. The van der Waals surface area contributed by atoms with Gasteiger partial charge in [0, 0.05) is 5.38 Å². The molecule has 0 aromatic carbocycles. The molecular weight excluding hydrogens is 138 g/mol. The summed E-state index contributed by atoms with van der Waals surface area (Å²) < 4.78 is 0. The maximum atomic E-state index is 5.58. The molecule has 0 N–H and O–H groups in total. The van der Waals surface area contributed by atoms with Gasteiger partial charge in [-0.25, -0.2) is 0 Å². The molecule has 2 atom stereocenters. The van der Waals surface area contributed by atoms with Gasteiger partial charge in [0.05, 0.1) is 0 Å². The quantitative estimate of drug-likeness (QED) is 0.321. The lowest BCUT2D eigenvalue weighted by atomic mass is 10.4. The molecule has 0 fully saturated rings. The van der Waals surface area contributed by atoms with E-state index in [0.29, 0.717) is 0 Å². The third-order valence-corrected chi connectivity index (χ3v) is 0.913. The fraction of sp³-hybridized carbons (Fsp3) is 0.333. The minimum atomic E-state index is 0.104. The first kappa shape index (κ1) is 8.20. The normalized spacial score (nSPS) is 14.4. The van der Waals surface area contributed by atoms with E-state index in [4.69, 9.17) is 11.6 Å².